The summed E-state index contributed by atoms with van der Waals surface area (Å²) in [5.74, 6) is -0.974. The zero-order valence-corrected chi connectivity index (χ0v) is 42.9. The van der Waals surface area contributed by atoms with E-state index in [2.05, 4.69) is 118 Å². The minimum atomic E-state index is -0.807. The van der Waals surface area contributed by atoms with Crippen LogP contribution in [0.25, 0.3) is 0 Å². The van der Waals surface area contributed by atoms with Crippen molar-refractivity contribution in [3.05, 3.63) is 97.2 Å². The van der Waals surface area contributed by atoms with E-state index >= 15 is 0 Å². The van der Waals surface area contributed by atoms with Gasteiger partial charge in [0, 0.05) is 19.3 Å². The summed E-state index contributed by atoms with van der Waals surface area (Å²) >= 11 is 0. The van der Waals surface area contributed by atoms with Crippen molar-refractivity contribution < 1.29 is 28.6 Å². The van der Waals surface area contributed by atoms with Crippen LogP contribution in [0.15, 0.2) is 97.2 Å². The Bertz CT molecular complexity index is 1330. The van der Waals surface area contributed by atoms with Gasteiger partial charge in [0.15, 0.2) is 6.10 Å². The summed E-state index contributed by atoms with van der Waals surface area (Å²) in [5, 5.41) is 0. The van der Waals surface area contributed by atoms with Crippen molar-refractivity contribution in [1.82, 2.24) is 0 Å². The zero-order chi connectivity index (χ0) is 47.9. The molecule has 0 fully saturated rings. The van der Waals surface area contributed by atoms with E-state index in [9.17, 15) is 14.4 Å². The molecule has 0 aromatic rings. The number of allylic oxidation sites excluding steroid dienone is 16. The van der Waals surface area contributed by atoms with E-state index in [1.54, 1.807) is 0 Å². The lowest BCUT2D eigenvalue weighted by Gasteiger charge is -2.18. The molecule has 0 bridgehead atoms. The summed E-state index contributed by atoms with van der Waals surface area (Å²) in [6, 6.07) is 0. The SMILES string of the molecule is CC/C=C\C/C=C\C/C=C\C/C=C\C/C=C\CCCCCC(=O)OCC(COC(=O)CCCCC/C=C\C=C/CCCC)OC(=O)CCCCCCC/C=C\CCCCCCCCCCC. The Morgan fingerprint density at radius 2 is 0.652 bits per heavy atom. The first-order valence-electron chi connectivity index (χ1n) is 27.3. The summed E-state index contributed by atoms with van der Waals surface area (Å²) in [7, 11) is 0. The number of ether oxygens (including phenoxy) is 3. The molecule has 0 aromatic heterocycles. The highest BCUT2D eigenvalue weighted by atomic mass is 16.6. The Morgan fingerprint density at radius 3 is 1.09 bits per heavy atom. The fraction of sp³-hybridized carbons (Fsp3) is 0.683. The van der Waals surface area contributed by atoms with Gasteiger partial charge in [-0.05, 0) is 109 Å². The molecule has 0 spiro atoms. The summed E-state index contributed by atoms with van der Waals surface area (Å²) in [6.45, 7) is 6.41. The molecule has 6 nitrogen and oxygen atoms in total. The molecule has 0 aliphatic carbocycles. The van der Waals surface area contributed by atoms with Crippen LogP contribution in [0.5, 0.6) is 0 Å². The van der Waals surface area contributed by atoms with Gasteiger partial charge in [-0.1, -0.05) is 214 Å². The molecule has 0 N–H and O–H groups in total. The van der Waals surface area contributed by atoms with Crippen LogP contribution >= 0.6 is 0 Å². The van der Waals surface area contributed by atoms with E-state index in [1.165, 1.54) is 83.5 Å². The van der Waals surface area contributed by atoms with Crippen molar-refractivity contribution in [2.75, 3.05) is 13.2 Å². The Kier molecular flexibility index (Phi) is 50.9. The third-order valence-electron chi connectivity index (χ3n) is 11.3. The summed E-state index contributed by atoms with van der Waals surface area (Å²) < 4.78 is 16.8. The van der Waals surface area contributed by atoms with Gasteiger partial charge in [0.2, 0.25) is 0 Å². The maximum Gasteiger partial charge on any atom is 0.306 e. The minimum absolute atomic E-state index is 0.106. The largest absolute Gasteiger partial charge is 0.462 e. The number of carbonyl (C=O) groups is 3. The van der Waals surface area contributed by atoms with Gasteiger partial charge in [0.25, 0.3) is 0 Å². The predicted molar refractivity (Wildman–Crippen MR) is 284 cm³/mol. The standard InChI is InChI=1S/C60H100O6/c1-4-7-10-13-16-19-22-24-26-28-30-32-33-35-38-41-44-47-50-53-59(62)65-56-57(55-64-58(61)52-49-46-43-40-37-21-18-15-12-9-6-3)66-60(63)54-51-48-45-42-39-36-34-31-29-27-25-23-20-17-14-11-8-5-2/h7,10,15-16,18-19,21,24,26,30-32,34-35,37-38,57H,4-6,8-9,11-14,17,20,22-23,25,27-29,33,36,39-56H2,1-3H3/b10-7-,18-15-,19-16-,26-24-,32-30-,34-31-,37-21-,38-35-. The van der Waals surface area contributed by atoms with Gasteiger partial charge in [-0.25, -0.2) is 0 Å². The third kappa shape index (κ3) is 51.3. The average Bonchev–Trinajstić information content (AvgIpc) is 3.31. The molecule has 376 valence electrons. The highest BCUT2D eigenvalue weighted by Crippen LogP contribution is 2.14. The molecule has 1 atom stereocenters. The molecule has 0 radical (unpaired) electrons. The van der Waals surface area contributed by atoms with Crippen molar-refractivity contribution in [2.45, 2.75) is 252 Å². The normalized spacial score (nSPS) is 12.8. The van der Waals surface area contributed by atoms with Crippen molar-refractivity contribution in [2.24, 2.45) is 0 Å². The summed E-state index contributed by atoms with van der Waals surface area (Å²) in [4.78, 5) is 38.0. The summed E-state index contributed by atoms with van der Waals surface area (Å²) in [5.41, 5.74) is 0. The molecule has 0 aliphatic heterocycles. The molecule has 0 heterocycles. The lowest BCUT2D eigenvalue weighted by Crippen LogP contribution is -2.30. The monoisotopic (exact) mass is 917 g/mol. The van der Waals surface area contributed by atoms with E-state index in [1.807, 2.05) is 0 Å². The van der Waals surface area contributed by atoms with Crippen LogP contribution in [-0.4, -0.2) is 37.2 Å². The molecule has 6 heteroatoms. The second kappa shape index (κ2) is 53.9. The quantitative estimate of drug-likeness (QED) is 0.0199. The minimum Gasteiger partial charge on any atom is -0.462 e. The molecule has 0 amide bonds. The van der Waals surface area contributed by atoms with Gasteiger partial charge in [0.1, 0.15) is 13.2 Å². The third-order valence-corrected chi connectivity index (χ3v) is 11.3. The number of hydrogen-bond donors (Lipinski definition) is 0. The smallest absolute Gasteiger partial charge is 0.306 e. The van der Waals surface area contributed by atoms with Gasteiger partial charge < -0.3 is 14.2 Å². The average molecular weight is 917 g/mol. The summed E-state index contributed by atoms with van der Waals surface area (Å²) in [6.07, 6.45) is 71.1. The fourth-order valence-corrected chi connectivity index (χ4v) is 7.20. The maximum atomic E-state index is 12.8. The molecule has 0 rings (SSSR count). The van der Waals surface area contributed by atoms with E-state index in [0.717, 1.165) is 122 Å². The predicted octanol–water partition coefficient (Wildman–Crippen LogP) is 18.1. The van der Waals surface area contributed by atoms with Crippen LogP contribution in [0, 0.1) is 0 Å². The van der Waals surface area contributed by atoms with Gasteiger partial charge in [-0.2, -0.15) is 0 Å². The first kappa shape index (κ1) is 62.3. The van der Waals surface area contributed by atoms with Crippen molar-refractivity contribution in [1.29, 1.82) is 0 Å². The van der Waals surface area contributed by atoms with Crippen LogP contribution in [-0.2, 0) is 28.6 Å². The van der Waals surface area contributed by atoms with Gasteiger partial charge in [-0.15, -0.1) is 0 Å². The van der Waals surface area contributed by atoms with Crippen LogP contribution in [0.1, 0.15) is 245 Å². The second-order valence-electron chi connectivity index (χ2n) is 17.8. The molecule has 0 saturated heterocycles. The number of carbonyl (C=O) groups excluding carboxylic acids is 3. The van der Waals surface area contributed by atoms with E-state index in [-0.39, 0.29) is 31.1 Å². The van der Waals surface area contributed by atoms with Crippen LogP contribution in [0.2, 0.25) is 0 Å². The molecule has 0 aliphatic rings. The molecule has 66 heavy (non-hydrogen) atoms. The molecule has 0 saturated carbocycles. The number of hydrogen-bond acceptors (Lipinski definition) is 6. The van der Waals surface area contributed by atoms with Crippen molar-refractivity contribution in [3.63, 3.8) is 0 Å². The van der Waals surface area contributed by atoms with E-state index in [0.29, 0.717) is 19.3 Å². The van der Waals surface area contributed by atoms with Crippen LogP contribution in [0.3, 0.4) is 0 Å². The van der Waals surface area contributed by atoms with Gasteiger partial charge in [-0.3, -0.25) is 14.4 Å². The molecular formula is C60H100O6. The van der Waals surface area contributed by atoms with Crippen LogP contribution in [0.4, 0.5) is 0 Å². The lowest BCUT2D eigenvalue weighted by atomic mass is 10.1. The Labute approximate surface area is 407 Å². The molecule has 1 unspecified atom stereocenters. The van der Waals surface area contributed by atoms with Crippen LogP contribution < -0.4 is 0 Å². The number of rotatable bonds is 48. The maximum absolute atomic E-state index is 12.8. The topological polar surface area (TPSA) is 78.9 Å². The van der Waals surface area contributed by atoms with E-state index < -0.39 is 6.10 Å². The highest BCUT2D eigenvalue weighted by Gasteiger charge is 2.19. The first-order valence-corrected chi connectivity index (χ1v) is 27.3. The number of unbranched alkanes of at least 4 members (excludes halogenated alkanes) is 22. The zero-order valence-electron chi connectivity index (χ0n) is 42.9. The second-order valence-corrected chi connectivity index (χ2v) is 17.8. The van der Waals surface area contributed by atoms with E-state index in [4.69, 9.17) is 14.2 Å². The van der Waals surface area contributed by atoms with Crippen molar-refractivity contribution in [3.8, 4) is 0 Å². The van der Waals surface area contributed by atoms with Gasteiger partial charge >= 0.3 is 17.9 Å². The molecule has 0 aromatic carbocycles. The first-order chi connectivity index (χ1) is 32.5. The highest BCUT2D eigenvalue weighted by molar-refractivity contribution is 5.71. The Hall–Kier alpha value is -3.67. The Balaban J connectivity index is 4.45. The van der Waals surface area contributed by atoms with Gasteiger partial charge in [0.05, 0.1) is 0 Å². The fourth-order valence-electron chi connectivity index (χ4n) is 7.20. The van der Waals surface area contributed by atoms with Crippen molar-refractivity contribution >= 4 is 17.9 Å². The lowest BCUT2D eigenvalue weighted by molar-refractivity contribution is -0.167. The number of esters is 3. The Morgan fingerprint density at radius 1 is 0.333 bits per heavy atom. The molecular weight excluding hydrogens is 817 g/mol.